The minimum Gasteiger partial charge on any atom is -0.497 e. The van der Waals surface area contributed by atoms with Gasteiger partial charge in [-0.1, -0.05) is 6.92 Å². The molecule has 1 aliphatic heterocycles. The zero-order valence-electron chi connectivity index (χ0n) is 19.9. The topological polar surface area (TPSA) is 120 Å². The fraction of sp³-hybridized carbons (Fsp3) is 0.360. The number of carbonyl (C=O) groups excluding carboxylic acids is 4. The van der Waals surface area contributed by atoms with Gasteiger partial charge in [0.25, 0.3) is 5.91 Å². The van der Waals surface area contributed by atoms with Crippen molar-refractivity contribution in [2.24, 2.45) is 5.92 Å². The third-order valence-corrected chi connectivity index (χ3v) is 5.32. The Labute approximate surface area is 203 Å². The lowest BCUT2D eigenvalue weighted by Crippen LogP contribution is -2.28. The highest BCUT2D eigenvalue weighted by atomic mass is 16.5. The number of ether oxygens (including phenoxy) is 4. The summed E-state index contributed by atoms with van der Waals surface area (Å²) in [6, 6.07) is 11.2. The predicted molar refractivity (Wildman–Crippen MR) is 127 cm³/mol. The molecule has 1 heterocycles. The van der Waals surface area contributed by atoms with Crippen LogP contribution in [0, 0.1) is 5.92 Å². The molecule has 0 aliphatic carbocycles. The fourth-order valence-corrected chi connectivity index (χ4v) is 3.53. The number of hydrogen-bond donors (Lipinski definition) is 1. The van der Waals surface area contributed by atoms with Gasteiger partial charge in [-0.2, -0.15) is 0 Å². The molecule has 2 aromatic carbocycles. The number of carbonyl (C=O) groups is 4. The van der Waals surface area contributed by atoms with Crippen LogP contribution in [0.4, 0.5) is 11.4 Å². The first-order valence-corrected chi connectivity index (χ1v) is 11.1. The van der Waals surface area contributed by atoms with Crippen molar-refractivity contribution >= 4 is 35.1 Å². The van der Waals surface area contributed by atoms with E-state index in [0.717, 1.165) is 6.42 Å². The third kappa shape index (κ3) is 6.50. The molecule has 0 bridgehead atoms. The van der Waals surface area contributed by atoms with Crippen molar-refractivity contribution in [2.45, 2.75) is 19.8 Å². The number of benzene rings is 2. The molecular formula is C25H28N2O8. The van der Waals surface area contributed by atoms with Crippen LogP contribution in [0.2, 0.25) is 0 Å². The van der Waals surface area contributed by atoms with Crippen molar-refractivity contribution in [1.82, 2.24) is 0 Å². The molecule has 0 radical (unpaired) electrons. The molecule has 1 saturated heterocycles. The number of nitrogens with one attached hydrogen (secondary N) is 1. The molecule has 2 amide bonds. The van der Waals surface area contributed by atoms with Crippen molar-refractivity contribution in [2.75, 3.05) is 44.2 Å². The van der Waals surface area contributed by atoms with Gasteiger partial charge in [0, 0.05) is 24.7 Å². The maximum Gasteiger partial charge on any atom is 0.338 e. The minimum atomic E-state index is -0.723. The van der Waals surface area contributed by atoms with Crippen LogP contribution in [-0.2, 0) is 23.9 Å². The van der Waals surface area contributed by atoms with E-state index >= 15 is 0 Å². The minimum absolute atomic E-state index is 0.0452. The number of amides is 2. The monoisotopic (exact) mass is 484 g/mol. The largest absolute Gasteiger partial charge is 0.497 e. The van der Waals surface area contributed by atoms with Gasteiger partial charge < -0.3 is 29.2 Å². The lowest BCUT2D eigenvalue weighted by Gasteiger charge is -2.20. The van der Waals surface area contributed by atoms with E-state index in [1.807, 2.05) is 6.92 Å². The molecule has 35 heavy (non-hydrogen) atoms. The van der Waals surface area contributed by atoms with Crippen molar-refractivity contribution in [1.29, 1.82) is 0 Å². The van der Waals surface area contributed by atoms with Crippen molar-refractivity contribution in [3.05, 3.63) is 48.0 Å². The lowest BCUT2D eigenvalue weighted by molar-refractivity contribution is -0.151. The second kappa shape index (κ2) is 11.9. The molecule has 1 N–H and O–H groups in total. The maximum atomic E-state index is 12.6. The highest BCUT2D eigenvalue weighted by Crippen LogP contribution is 2.36. The fourth-order valence-electron chi connectivity index (χ4n) is 3.53. The van der Waals surface area contributed by atoms with Crippen LogP contribution >= 0.6 is 0 Å². The number of esters is 2. The first-order chi connectivity index (χ1) is 16.9. The van der Waals surface area contributed by atoms with E-state index < -0.39 is 30.4 Å². The summed E-state index contributed by atoms with van der Waals surface area (Å²) in [6.45, 7) is 1.82. The molecule has 2 aromatic rings. The van der Waals surface area contributed by atoms with Gasteiger partial charge in [-0.05, 0) is 42.8 Å². The van der Waals surface area contributed by atoms with E-state index in [4.69, 9.17) is 18.9 Å². The van der Waals surface area contributed by atoms with Crippen LogP contribution in [0.25, 0.3) is 0 Å². The van der Waals surface area contributed by atoms with E-state index in [-0.39, 0.29) is 18.9 Å². The molecule has 3 rings (SSSR count). The molecule has 0 spiro atoms. The second-order valence-electron chi connectivity index (χ2n) is 7.81. The standard InChI is InChI=1S/C25H28N2O8/c1-4-11-34-24(30)16-5-7-18(8-6-16)26-22(28)15-35-25(31)17-12-23(29)27(14-17)20-13-19(32-2)9-10-21(20)33-3/h5-10,13,17H,4,11-12,14-15H2,1-3H3,(H,26,28)/t17-/m0/s1. The first-order valence-electron chi connectivity index (χ1n) is 11.1. The molecule has 10 heteroatoms. The zero-order valence-corrected chi connectivity index (χ0v) is 19.9. The third-order valence-electron chi connectivity index (χ3n) is 5.32. The summed E-state index contributed by atoms with van der Waals surface area (Å²) in [5.41, 5.74) is 1.29. The van der Waals surface area contributed by atoms with Crippen molar-refractivity contribution in [3.8, 4) is 11.5 Å². The molecular weight excluding hydrogens is 456 g/mol. The Kier molecular flexibility index (Phi) is 8.66. The SMILES string of the molecule is CCCOC(=O)c1ccc(NC(=O)COC(=O)[C@H]2CC(=O)N(c3cc(OC)ccc3OC)C2)cc1. The second-order valence-corrected chi connectivity index (χ2v) is 7.81. The molecule has 186 valence electrons. The molecule has 1 atom stereocenters. The molecule has 1 aliphatic rings. The van der Waals surface area contributed by atoms with Gasteiger partial charge in [0.1, 0.15) is 11.5 Å². The van der Waals surface area contributed by atoms with Crippen LogP contribution in [0.1, 0.15) is 30.1 Å². The van der Waals surface area contributed by atoms with Crippen molar-refractivity contribution < 1.29 is 38.1 Å². The van der Waals surface area contributed by atoms with Crippen LogP contribution in [-0.4, -0.2) is 57.7 Å². The Morgan fingerprint density at radius 1 is 1.03 bits per heavy atom. The van der Waals surface area contributed by atoms with E-state index in [1.165, 1.54) is 31.3 Å². The molecule has 1 fully saturated rings. The van der Waals surface area contributed by atoms with E-state index in [2.05, 4.69) is 5.32 Å². The Bertz CT molecular complexity index is 1080. The average Bonchev–Trinajstić information content (AvgIpc) is 3.27. The van der Waals surface area contributed by atoms with Gasteiger partial charge >= 0.3 is 11.9 Å². The predicted octanol–water partition coefficient (Wildman–Crippen LogP) is 2.81. The quantitative estimate of drug-likeness (QED) is 0.511. The average molecular weight is 485 g/mol. The summed E-state index contributed by atoms with van der Waals surface area (Å²) < 4.78 is 20.7. The number of nitrogens with zero attached hydrogens (tertiary/aromatic N) is 1. The zero-order chi connectivity index (χ0) is 25.4. The first kappa shape index (κ1) is 25.5. The Morgan fingerprint density at radius 3 is 2.43 bits per heavy atom. The normalized spacial score (nSPS) is 14.9. The van der Waals surface area contributed by atoms with Gasteiger partial charge in [-0.3, -0.25) is 14.4 Å². The van der Waals surface area contributed by atoms with Crippen LogP contribution in [0.15, 0.2) is 42.5 Å². The summed E-state index contributed by atoms with van der Waals surface area (Å²) in [5.74, 6) is -1.60. The van der Waals surface area contributed by atoms with Gasteiger partial charge in [-0.15, -0.1) is 0 Å². The van der Waals surface area contributed by atoms with E-state index in [1.54, 1.807) is 30.3 Å². The smallest absolute Gasteiger partial charge is 0.338 e. The van der Waals surface area contributed by atoms with Gasteiger partial charge in [0.15, 0.2) is 6.61 Å². The van der Waals surface area contributed by atoms with Crippen LogP contribution in [0.5, 0.6) is 11.5 Å². The molecule has 0 unspecified atom stereocenters. The number of anilines is 2. The Morgan fingerprint density at radius 2 is 1.77 bits per heavy atom. The summed E-state index contributed by atoms with van der Waals surface area (Å²) in [4.78, 5) is 50.6. The van der Waals surface area contributed by atoms with Gasteiger partial charge in [-0.25, -0.2) is 4.79 Å². The van der Waals surface area contributed by atoms with Gasteiger partial charge in [0.2, 0.25) is 5.91 Å². The Hall–Kier alpha value is -4.08. The summed E-state index contributed by atoms with van der Waals surface area (Å²) in [7, 11) is 3.00. The highest BCUT2D eigenvalue weighted by Gasteiger charge is 2.37. The van der Waals surface area contributed by atoms with E-state index in [0.29, 0.717) is 35.0 Å². The lowest BCUT2D eigenvalue weighted by atomic mass is 10.1. The highest BCUT2D eigenvalue weighted by molar-refractivity contribution is 6.01. The van der Waals surface area contributed by atoms with E-state index in [9.17, 15) is 19.2 Å². The summed E-state index contributed by atoms with van der Waals surface area (Å²) in [5, 5.41) is 2.59. The van der Waals surface area contributed by atoms with Crippen LogP contribution in [0.3, 0.4) is 0 Å². The van der Waals surface area contributed by atoms with Crippen molar-refractivity contribution in [3.63, 3.8) is 0 Å². The summed E-state index contributed by atoms with van der Waals surface area (Å²) >= 11 is 0. The molecule has 10 nitrogen and oxygen atoms in total. The van der Waals surface area contributed by atoms with Crippen LogP contribution < -0.4 is 19.7 Å². The number of rotatable bonds is 10. The molecule has 0 saturated carbocycles. The number of methoxy groups -OCH3 is 2. The summed E-state index contributed by atoms with van der Waals surface area (Å²) in [6.07, 6.45) is 0.678. The van der Waals surface area contributed by atoms with Gasteiger partial charge in [0.05, 0.1) is 38.0 Å². The molecule has 0 aromatic heterocycles. The number of hydrogen-bond acceptors (Lipinski definition) is 8. The Balaban J connectivity index is 1.52. The maximum absolute atomic E-state index is 12.6.